The van der Waals surface area contributed by atoms with E-state index in [4.69, 9.17) is 4.74 Å². The van der Waals surface area contributed by atoms with E-state index in [1.807, 2.05) is 0 Å². The summed E-state index contributed by atoms with van der Waals surface area (Å²) in [6.45, 7) is 0. The molecule has 2 aromatic rings. The van der Waals surface area contributed by atoms with Crippen LogP contribution in [0.15, 0.2) is 45.3 Å². The van der Waals surface area contributed by atoms with Gasteiger partial charge in [0, 0.05) is 20.6 Å². The van der Waals surface area contributed by atoms with Crippen molar-refractivity contribution in [2.45, 2.75) is 0 Å². The van der Waals surface area contributed by atoms with Gasteiger partial charge in [-0.1, -0.05) is 15.9 Å². The Morgan fingerprint density at radius 1 is 1.06 bits per heavy atom. The number of halogens is 3. The maximum Gasteiger partial charge on any atom is 0.151 e. The number of aldehydes is 1. The van der Waals surface area contributed by atoms with E-state index in [-0.39, 0.29) is 5.82 Å². The van der Waals surface area contributed by atoms with Crippen LogP contribution in [0.25, 0.3) is 0 Å². The third-order valence-electron chi connectivity index (χ3n) is 2.17. The lowest BCUT2D eigenvalue weighted by Gasteiger charge is -2.07. The van der Waals surface area contributed by atoms with Gasteiger partial charge in [0.2, 0.25) is 0 Å². The fraction of sp³-hybridized carbons (Fsp3) is 0. The molecule has 0 fully saturated rings. The Balaban J connectivity index is 2.28. The van der Waals surface area contributed by atoms with Gasteiger partial charge in [0.05, 0.1) is 0 Å². The van der Waals surface area contributed by atoms with Gasteiger partial charge in [0.25, 0.3) is 0 Å². The lowest BCUT2D eigenvalue weighted by atomic mass is 10.2. The number of carbonyl (C=O) groups is 1. The largest absolute Gasteiger partial charge is 0.457 e. The average Bonchev–Trinajstić information content (AvgIpc) is 2.27. The van der Waals surface area contributed by atoms with E-state index < -0.39 is 0 Å². The Morgan fingerprint density at radius 3 is 2.44 bits per heavy atom. The minimum atomic E-state index is -0.386. The summed E-state index contributed by atoms with van der Waals surface area (Å²) in [5.41, 5.74) is 0.530. The molecule has 5 heteroatoms. The van der Waals surface area contributed by atoms with Crippen molar-refractivity contribution in [3.05, 3.63) is 56.7 Å². The lowest BCUT2D eigenvalue weighted by molar-refractivity contribution is 0.112. The van der Waals surface area contributed by atoms with Crippen molar-refractivity contribution < 1.29 is 13.9 Å². The molecule has 0 aliphatic carbocycles. The minimum Gasteiger partial charge on any atom is -0.457 e. The molecule has 0 unspecified atom stereocenters. The molecule has 0 bridgehead atoms. The molecule has 0 aliphatic rings. The van der Waals surface area contributed by atoms with Crippen molar-refractivity contribution in [1.29, 1.82) is 0 Å². The van der Waals surface area contributed by atoms with Gasteiger partial charge >= 0.3 is 0 Å². The molecule has 0 saturated heterocycles. The van der Waals surface area contributed by atoms with Crippen LogP contribution in [0.1, 0.15) is 10.4 Å². The van der Waals surface area contributed by atoms with Crippen LogP contribution in [-0.2, 0) is 0 Å². The molecule has 92 valence electrons. The first-order chi connectivity index (χ1) is 8.58. The number of ether oxygens (including phenoxy) is 1. The molecule has 18 heavy (non-hydrogen) atoms. The Bertz CT molecular complexity index is 579. The monoisotopic (exact) mass is 372 g/mol. The normalized spacial score (nSPS) is 10.2. The van der Waals surface area contributed by atoms with Crippen molar-refractivity contribution >= 4 is 38.1 Å². The zero-order valence-electron chi connectivity index (χ0n) is 8.99. The Hall–Kier alpha value is -1.20. The third-order valence-corrected chi connectivity index (χ3v) is 3.32. The van der Waals surface area contributed by atoms with E-state index >= 15 is 0 Å². The Morgan fingerprint density at radius 2 is 1.83 bits per heavy atom. The summed E-state index contributed by atoms with van der Waals surface area (Å²) in [6.07, 6.45) is 0.743. The number of carbonyl (C=O) groups excluding carboxylic acids is 1. The topological polar surface area (TPSA) is 26.3 Å². The summed E-state index contributed by atoms with van der Waals surface area (Å²) in [7, 11) is 0. The standard InChI is InChI=1S/C13H7Br2FO2/c14-9-3-10(16)5-12(4-9)18-11-2-1-8(7-17)13(15)6-11/h1-7H. The summed E-state index contributed by atoms with van der Waals surface area (Å²) in [5.74, 6) is 0.514. The molecular weight excluding hydrogens is 367 g/mol. The van der Waals surface area contributed by atoms with E-state index in [2.05, 4.69) is 31.9 Å². The molecule has 2 rings (SSSR count). The van der Waals surface area contributed by atoms with E-state index in [0.29, 0.717) is 26.0 Å². The van der Waals surface area contributed by atoms with Gasteiger partial charge in [-0.3, -0.25) is 4.79 Å². The highest BCUT2D eigenvalue weighted by atomic mass is 79.9. The van der Waals surface area contributed by atoms with Crippen molar-refractivity contribution in [1.82, 2.24) is 0 Å². The summed E-state index contributed by atoms with van der Waals surface area (Å²) in [6, 6.07) is 9.21. The molecule has 0 radical (unpaired) electrons. The summed E-state index contributed by atoms with van der Waals surface area (Å²) < 4.78 is 19.9. The minimum absolute atomic E-state index is 0.382. The first-order valence-corrected chi connectivity index (χ1v) is 6.56. The molecule has 2 nitrogen and oxygen atoms in total. The summed E-state index contributed by atoms with van der Waals surface area (Å²) >= 11 is 6.44. The Labute approximate surface area is 120 Å². The van der Waals surface area contributed by atoms with Crippen LogP contribution in [0.5, 0.6) is 11.5 Å². The predicted octanol–water partition coefficient (Wildman–Crippen LogP) is 4.96. The molecule has 0 N–H and O–H groups in total. The van der Waals surface area contributed by atoms with E-state index in [1.54, 1.807) is 24.3 Å². The second-order valence-corrected chi connectivity index (χ2v) is 5.28. The molecule has 0 aromatic heterocycles. The highest BCUT2D eigenvalue weighted by Crippen LogP contribution is 2.28. The van der Waals surface area contributed by atoms with E-state index in [0.717, 1.165) is 6.29 Å². The molecule has 0 amide bonds. The summed E-state index contributed by atoms with van der Waals surface area (Å²) in [5, 5.41) is 0. The van der Waals surface area contributed by atoms with Gasteiger partial charge < -0.3 is 4.74 Å². The molecule has 0 aliphatic heterocycles. The molecule has 0 heterocycles. The molecule has 0 atom stereocenters. The number of hydrogen-bond acceptors (Lipinski definition) is 2. The highest BCUT2D eigenvalue weighted by Gasteiger charge is 2.04. The molecular formula is C13H7Br2FO2. The second kappa shape index (κ2) is 5.63. The van der Waals surface area contributed by atoms with Crippen LogP contribution in [-0.4, -0.2) is 6.29 Å². The fourth-order valence-electron chi connectivity index (χ4n) is 1.39. The van der Waals surface area contributed by atoms with Gasteiger partial charge in [0.15, 0.2) is 6.29 Å². The van der Waals surface area contributed by atoms with Crippen molar-refractivity contribution in [2.24, 2.45) is 0 Å². The Kier molecular flexibility index (Phi) is 4.14. The molecule has 2 aromatic carbocycles. The zero-order valence-corrected chi connectivity index (χ0v) is 12.2. The lowest BCUT2D eigenvalue weighted by Crippen LogP contribution is -1.88. The van der Waals surface area contributed by atoms with Crippen LogP contribution >= 0.6 is 31.9 Å². The first kappa shape index (κ1) is 13.2. The first-order valence-electron chi connectivity index (χ1n) is 4.97. The highest BCUT2D eigenvalue weighted by molar-refractivity contribution is 9.10. The average molecular weight is 374 g/mol. The second-order valence-electron chi connectivity index (χ2n) is 3.51. The molecule has 0 spiro atoms. The van der Waals surface area contributed by atoms with Crippen molar-refractivity contribution in [2.75, 3.05) is 0 Å². The van der Waals surface area contributed by atoms with Crippen LogP contribution in [0, 0.1) is 5.82 Å². The van der Waals surface area contributed by atoms with Gasteiger partial charge in [0.1, 0.15) is 17.3 Å². The van der Waals surface area contributed by atoms with Crippen LogP contribution < -0.4 is 4.74 Å². The van der Waals surface area contributed by atoms with Gasteiger partial charge in [-0.05, 0) is 46.3 Å². The third kappa shape index (κ3) is 3.17. The van der Waals surface area contributed by atoms with Gasteiger partial charge in [-0.15, -0.1) is 0 Å². The molecule has 0 saturated carbocycles. The smallest absolute Gasteiger partial charge is 0.151 e. The van der Waals surface area contributed by atoms with Gasteiger partial charge in [-0.2, -0.15) is 0 Å². The van der Waals surface area contributed by atoms with Crippen LogP contribution in [0.2, 0.25) is 0 Å². The predicted molar refractivity (Wildman–Crippen MR) is 73.7 cm³/mol. The zero-order chi connectivity index (χ0) is 13.1. The van der Waals surface area contributed by atoms with Gasteiger partial charge in [-0.25, -0.2) is 4.39 Å². The number of rotatable bonds is 3. The number of benzene rings is 2. The van der Waals surface area contributed by atoms with Crippen LogP contribution in [0.3, 0.4) is 0 Å². The SMILES string of the molecule is O=Cc1ccc(Oc2cc(F)cc(Br)c2)cc1Br. The number of hydrogen-bond donors (Lipinski definition) is 0. The van der Waals surface area contributed by atoms with E-state index in [9.17, 15) is 9.18 Å². The van der Waals surface area contributed by atoms with E-state index in [1.165, 1.54) is 12.1 Å². The van der Waals surface area contributed by atoms with Crippen molar-refractivity contribution in [3.8, 4) is 11.5 Å². The fourth-order valence-corrected chi connectivity index (χ4v) is 2.29. The van der Waals surface area contributed by atoms with Crippen LogP contribution in [0.4, 0.5) is 4.39 Å². The maximum atomic E-state index is 13.2. The quantitative estimate of drug-likeness (QED) is 0.711. The maximum absolute atomic E-state index is 13.2. The summed E-state index contributed by atoms with van der Waals surface area (Å²) in [4.78, 5) is 10.7. The van der Waals surface area contributed by atoms with Crippen molar-refractivity contribution in [3.63, 3.8) is 0 Å².